The molecule has 0 aliphatic carbocycles. The van der Waals surface area contributed by atoms with Gasteiger partial charge in [-0.1, -0.05) is 0 Å². The summed E-state index contributed by atoms with van der Waals surface area (Å²) in [6.07, 6.45) is 0. The van der Waals surface area contributed by atoms with Crippen LogP contribution in [0.1, 0.15) is 26.6 Å². The van der Waals surface area contributed by atoms with Gasteiger partial charge >= 0.3 is 0 Å². The molecule has 0 amide bonds. The van der Waals surface area contributed by atoms with Crippen molar-refractivity contribution in [1.82, 2.24) is 14.8 Å². The molecule has 0 N–H and O–H groups in total. The van der Waals surface area contributed by atoms with Gasteiger partial charge in [0.2, 0.25) is 0 Å². The minimum Gasteiger partial charge on any atom is -0.474 e. The minimum atomic E-state index is -1.41. The first-order chi connectivity index (χ1) is 13.1. The number of aromatic nitrogens is 3. The van der Waals surface area contributed by atoms with Gasteiger partial charge in [0, 0.05) is 24.7 Å². The van der Waals surface area contributed by atoms with Crippen LogP contribution in [0.4, 0.5) is 22.0 Å². The van der Waals surface area contributed by atoms with Crippen LogP contribution in [0.3, 0.4) is 0 Å². The molecule has 1 aromatic heterocycles. The second-order valence-electron chi connectivity index (χ2n) is 6.53. The molecule has 0 radical (unpaired) electrons. The Morgan fingerprint density at radius 1 is 0.893 bits per heavy atom. The van der Waals surface area contributed by atoms with Gasteiger partial charge in [0.1, 0.15) is 17.5 Å². The lowest BCUT2D eigenvalue weighted by atomic mass is 10.1. The second-order valence-corrected chi connectivity index (χ2v) is 6.53. The molecule has 4 nitrogen and oxygen atoms in total. The Morgan fingerprint density at radius 2 is 1.50 bits per heavy atom. The molecular formula is C19H16F5N3O. The molecule has 0 aliphatic heterocycles. The first-order valence-electron chi connectivity index (χ1n) is 8.36. The van der Waals surface area contributed by atoms with E-state index in [4.69, 9.17) is 4.74 Å². The van der Waals surface area contributed by atoms with Crippen molar-refractivity contribution < 1.29 is 26.7 Å². The van der Waals surface area contributed by atoms with Crippen LogP contribution in [0.25, 0.3) is 11.4 Å². The number of rotatable bonds is 5. The number of ether oxygens (including phenoxy) is 1. The van der Waals surface area contributed by atoms with Gasteiger partial charge in [0.25, 0.3) is 0 Å². The Morgan fingerprint density at radius 3 is 2.07 bits per heavy atom. The van der Waals surface area contributed by atoms with E-state index in [0.29, 0.717) is 18.2 Å². The molecule has 0 atom stereocenters. The van der Waals surface area contributed by atoms with Gasteiger partial charge in [-0.25, -0.2) is 22.0 Å². The monoisotopic (exact) mass is 397 g/mol. The smallest absolute Gasteiger partial charge is 0.192 e. The van der Waals surface area contributed by atoms with Crippen LogP contribution in [0, 0.1) is 29.1 Å². The first kappa shape index (κ1) is 19.8. The van der Waals surface area contributed by atoms with Crippen molar-refractivity contribution in [3.63, 3.8) is 0 Å². The van der Waals surface area contributed by atoms with Gasteiger partial charge in [-0.3, -0.25) is 0 Å². The predicted molar refractivity (Wildman–Crippen MR) is 91.0 cm³/mol. The molecule has 0 unspecified atom stereocenters. The molecular weight excluding hydrogens is 381 g/mol. The lowest BCUT2D eigenvalue weighted by Gasteiger charge is -2.26. The summed E-state index contributed by atoms with van der Waals surface area (Å²) in [5.41, 5.74) is -1.39. The average molecular weight is 397 g/mol. The quantitative estimate of drug-likeness (QED) is 0.571. The Kier molecular flexibility index (Phi) is 5.10. The maximum Gasteiger partial charge on any atom is 0.192 e. The Hall–Kier alpha value is -2.97. The first-order valence-corrected chi connectivity index (χ1v) is 8.36. The van der Waals surface area contributed by atoms with Crippen LogP contribution in [0.5, 0.6) is 5.75 Å². The van der Waals surface area contributed by atoms with E-state index in [1.54, 1.807) is 6.92 Å². The van der Waals surface area contributed by atoms with E-state index in [9.17, 15) is 22.0 Å². The van der Waals surface area contributed by atoms with Crippen LogP contribution in [-0.2, 0) is 12.1 Å². The van der Waals surface area contributed by atoms with Gasteiger partial charge in [-0.2, -0.15) is 0 Å². The van der Waals surface area contributed by atoms with Gasteiger partial charge in [-0.15, -0.1) is 10.2 Å². The number of hydrogen-bond donors (Lipinski definition) is 0. The van der Waals surface area contributed by atoms with Crippen LogP contribution in [0.15, 0.2) is 30.3 Å². The summed E-state index contributed by atoms with van der Waals surface area (Å²) in [7, 11) is 0. The normalized spacial score (nSPS) is 11.7. The van der Waals surface area contributed by atoms with Crippen molar-refractivity contribution in [3.8, 4) is 17.1 Å². The zero-order valence-corrected chi connectivity index (χ0v) is 15.2. The van der Waals surface area contributed by atoms with Crippen molar-refractivity contribution >= 4 is 0 Å². The molecule has 2 aromatic carbocycles. The lowest BCUT2D eigenvalue weighted by Crippen LogP contribution is -2.30. The van der Waals surface area contributed by atoms with Gasteiger partial charge in [-0.05, 0) is 32.9 Å². The zero-order valence-electron chi connectivity index (χ0n) is 15.2. The van der Waals surface area contributed by atoms with Gasteiger partial charge in [0.05, 0.1) is 5.56 Å². The summed E-state index contributed by atoms with van der Waals surface area (Å²) in [4.78, 5) is 0. The molecule has 0 fully saturated rings. The fraction of sp³-hybridized carbons (Fsp3) is 0.263. The Balaban J connectivity index is 2.05. The van der Waals surface area contributed by atoms with E-state index >= 15 is 0 Å². The predicted octanol–water partition coefficient (Wildman–Crippen LogP) is 4.97. The van der Waals surface area contributed by atoms with Crippen molar-refractivity contribution in [2.45, 2.75) is 32.9 Å². The molecule has 148 valence electrons. The highest BCUT2D eigenvalue weighted by Gasteiger charge is 2.33. The number of halogens is 5. The zero-order chi connectivity index (χ0) is 20.6. The average Bonchev–Trinajstić information content (AvgIpc) is 3.03. The third kappa shape index (κ3) is 3.56. The highest BCUT2D eigenvalue weighted by molar-refractivity contribution is 5.56. The Bertz CT molecular complexity index is 1010. The number of nitrogens with zero attached hydrogens (tertiary/aromatic N) is 3. The molecule has 0 saturated carbocycles. The van der Waals surface area contributed by atoms with Crippen molar-refractivity contribution in [2.75, 3.05) is 0 Å². The molecule has 9 heteroatoms. The van der Waals surface area contributed by atoms with E-state index in [1.165, 1.54) is 24.5 Å². The van der Waals surface area contributed by atoms with E-state index in [1.807, 2.05) is 0 Å². The molecule has 0 saturated heterocycles. The summed E-state index contributed by atoms with van der Waals surface area (Å²) >= 11 is 0. The minimum absolute atomic E-state index is 0.0111. The van der Waals surface area contributed by atoms with E-state index in [0.717, 1.165) is 6.07 Å². The molecule has 3 rings (SSSR count). The summed E-state index contributed by atoms with van der Waals surface area (Å²) in [5, 5.41) is 7.92. The number of hydrogen-bond acceptors (Lipinski definition) is 3. The summed E-state index contributed by atoms with van der Waals surface area (Å²) < 4.78 is 75.3. The fourth-order valence-corrected chi connectivity index (χ4v) is 2.85. The highest BCUT2D eigenvalue weighted by Crippen LogP contribution is 2.33. The maximum absolute atomic E-state index is 14.2. The van der Waals surface area contributed by atoms with Crippen LogP contribution < -0.4 is 4.74 Å². The maximum atomic E-state index is 14.2. The summed E-state index contributed by atoms with van der Waals surface area (Å²) in [5.74, 6) is -5.59. The summed E-state index contributed by atoms with van der Waals surface area (Å²) in [6, 6.07) is 4.01. The van der Waals surface area contributed by atoms with E-state index < -0.39 is 40.4 Å². The van der Waals surface area contributed by atoms with E-state index in [-0.39, 0.29) is 23.8 Å². The molecule has 1 heterocycles. The fourth-order valence-electron chi connectivity index (χ4n) is 2.85. The second kappa shape index (κ2) is 7.21. The van der Waals surface area contributed by atoms with Gasteiger partial charge < -0.3 is 9.30 Å². The van der Waals surface area contributed by atoms with Crippen molar-refractivity contribution in [3.05, 3.63) is 65.2 Å². The Labute approximate surface area is 157 Å². The SMILES string of the molecule is CCn1c(-c2ccc(F)cc2F)nnc1C(C)(C)Oc1c(F)cc(F)cc1F. The van der Waals surface area contributed by atoms with E-state index in [2.05, 4.69) is 10.2 Å². The highest BCUT2D eigenvalue weighted by atomic mass is 19.2. The molecule has 28 heavy (non-hydrogen) atoms. The van der Waals surface area contributed by atoms with Gasteiger partial charge in [0.15, 0.2) is 34.6 Å². The molecule has 0 aliphatic rings. The molecule has 0 spiro atoms. The van der Waals surface area contributed by atoms with Crippen LogP contribution in [0.2, 0.25) is 0 Å². The topological polar surface area (TPSA) is 39.9 Å². The van der Waals surface area contributed by atoms with Crippen LogP contribution >= 0.6 is 0 Å². The number of benzene rings is 2. The largest absolute Gasteiger partial charge is 0.474 e. The third-order valence-electron chi connectivity index (χ3n) is 4.10. The summed E-state index contributed by atoms with van der Waals surface area (Å²) in [6.45, 7) is 4.97. The third-order valence-corrected chi connectivity index (χ3v) is 4.10. The molecule has 3 aromatic rings. The van der Waals surface area contributed by atoms with Crippen molar-refractivity contribution in [1.29, 1.82) is 0 Å². The standard InChI is InChI=1S/C19H16F5N3O/c1-4-27-17(12-6-5-10(20)7-13(12)22)25-26-18(27)19(2,3)28-16-14(23)8-11(21)9-15(16)24/h5-9H,4H2,1-3H3. The van der Waals surface area contributed by atoms with Crippen molar-refractivity contribution in [2.24, 2.45) is 0 Å². The molecule has 0 bridgehead atoms. The van der Waals surface area contributed by atoms with Crippen LogP contribution in [-0.4, -0.2) is 14.8 Å². The lowest BCUT2D eigenvalue weighted by molar-refractivity contribution is 0.0824.